The number of amides is 4. The molecule has 1 atom stereocenters. The minimum atomic E-state index is -0.631. The average molecular weight is 459 g/mol. The van der Waals surface area contributed by atoms with Crippen LogP contribution in [-0.2, 0) is 20.9 Å². The molecule has 1 aromatic carbocycles. The van der Waals surface area contributed by atoms with E-state index in [4.69, 9.17) is 4.74 Å². The number of fused-ring (bicyclic) bond motifs is 1. The van der Waals surface area contributed by atoms with Gasteiger partial charge in [0.25, 0.3) is 5.91 Å². The molecule has 4 amide bonds. The maximum absolute atomic E-state index is 12.9. The highest BCUT2D eigenvalue weighted by Crippen LogP contribution is 2.32. The van der Waals surface area contributed by atoms with Crippen LogP contribution in [0.1, 0.15) is 69.8 Å². The molecule has 2 aliphatic rings. The summed E-state index contributed by atoms with van der Waals surface area (Å²) in [5, 5.41) is 8.56. The Morgan fingerprint density at radius 3 is 2.58 bits per heavy atom. The summed E-state index contributed by atoms with van der Waals surface area (Å²) in [6.07, 6.45) is 0.911. The number of anilines is 1. The number of imide groups is 1. The Morgan fingerprint density at radius 1 is 1.18 bits per heavy atom. The minimum absolute atomic E-state index is 0.170. The molecule has 9 nitrogen and oxygen atoms in total. The van der Waals surface area contributed by atoms with Gasteiger partial charge >= 0.3 is 6.09 Å². The Bertz CT molecular complexity index is 951. The molecular weight excluding hydrogens is 424 g/mol. The van der Waals surface area contributed by atoms with Crippen molar-refractivity contribution >= 4 is 29.5 Å². The van der Waals surface area contributed by atoms with E-state index in [2.05, 4.69) is 29.8 Å². The summed E-state index contributed by atoms with van der Waals surface area (Å²) in [7, 11) is 0. The first kappa shape index (κ1) is 24.5. The number of alkyl carbamates (subject to hydrolysis) is 1. The van der Waals surface area contributed by atoms with Gasteiger partial charge in [0.15, 0.2) is 0 Å². The number of piperidine rings is 1. The van der Waals surface area contributed by atoms with E-state index in [0.717, 1.165) is 17.7 Å². The molecule has 3 rings (SSSR count). The van der Waals surface area contributed by atoms with E-state index in [0.29, 0.717) is 31.6 Å². The molecule has 0 bridgehead atoms. The number of hydrogen-bond acceptors (Lipinski definition) is 6. The lowest BCUT2D eigenvalue weighted by Crippen LogP contribution is -2.52. The fourth-order valence-electron chi connectivity index (χ4n) is 4.00. The number of nitrogens with one attached hydrogen (secondary N) is 3. The number of carbonyl (C=O) groups is 4. The van der Waals surface area contributed by atoms with Gasteiger partial charge in [-0.1, -0.05) is 19.9 Å². The number of carbonyl (C=O) groups excluding carboxylic acids is 4. The van der Waals surface area contributed by atoms with Crippen molar-refractivity contribution in [3.8, 4) is 0 Å². The molecule has 9 heteroatoms. The summed E-state index contributed by atoms with van der Waals surface area (Å²) < 4.78 is 5.29. The number of nitrogens with zero attached hydrogens (tertiary/aromatic N) is 1. The van der Waals surface area contributed by atoms with E-state index >= 15 is 0 Å². The fourth-order valence-corrected chi connectivity index (χ4v) is 4.00. The lowest BCUT2D eigenvalue weighted by atomic mass is 9.89. The SMILES string of the molecule is CC(C)(CCNc1cccc2c1CN(C1CCC(=O)NC1=O)C2=O)CNC(=O)OC(C)(C)C. The summed E-state index contributed by atoms with van der Waals surface area (Å²) in [5.41, 5.74) is 1.58. The molecule has 0 aromatic heterocycles. The quantitative estimate of drug-likeness (QED) is 0.541. The Balaban J connectivity index is 1.57. The Hall–Kier alpha value is -3.10. The van der Waals surface area contributed by atoms with Crippen LogP contribution in [0, 0.1) is 5.41 Å². The molecule has 180 valence electrons. The van der Waals surface area contributed by atoms with Gasteiger partial charge in [-0.3, -0.25) is 19.7 Å². The van der Waals surface area contributed by atoms with Gasteiger partial charge in [-0.05, 0) is 51.2 Å². The first-order valence-corrected chi connectivity index (χ1v) is 11.3. The van der Waals surface area contributed by atoms with Crippen molar-refractivity contribution in [2.75, 3.05) is 18.4 Å². The van der Waals surface area contributed by atoms with Crippen molar-refractivity contribution in [2.24, 2.45) is 5.41 Å². The summed E-state index contributed by atoms with van der Waals surface area (Å²) in [6, 6.07) is 4.88. The predicted molar refractivity (Wildman–Crippen MR) is 124 cm³/mol. The zero-order valence-corrected chi connectivity index (χ0v) is 20.0. The maximum Gasteiger partial charge on any atom is 0.407 e. The van der Waals surface area contributed by atoms with Gasteiger partial charge in [-0.15, -0.1) is 0 Å². The summed E-state index contributed by atoms with van der Waals surface area (Å²) in [5.74, 6) is -0.905. The van der Waals surface area contributed by atoms with Crippen molar-refractivity contribution in [3.63, 3.8) is 0 Å². The molecule has 1 fully saturated rings. The van der Waals surface area contributed by atoms with Crippen LogP contribution in [0.3, 0.4) is 0 Å². The molecule has 2 heterocycles. The molecule has 0 saturated carbocycles. The van der Waals surface area contributed by atoms with Crippen LogP contribution < -0.4 is 16.0 Å². The summed E-state index contributed by atoms with van der Waals surface area (Å²) >= 11 is 0. The van der Waals surface area contributed by atoms with Crippen LogP contribution in [0.15, 0.2) is 18.2 Å². The third-order valence-corrected chi connectivity index (χ3v) is 5.81. The highest BCUT2D eigenvalue weighted by Gasteiger charge is 2.39. The molecule has 1 saturated heterocycles. The van der Waals surface area contributed by atoms with E-state index in [1.165, 1.54) is 0 Å². The molecule has 33 heavy (non-hydrogen) atoms. The van der Waals surface area contributed by atoms with Crippen molar-refractivity contribution < 1.29 is 23.9 Å². The average Bonchev–Trinajstić information content (AvgIpc) is 3.03. The van der Waals surface area contributed by atoms with Crippen LogP contribution in [0.4, 0.5) is 10.5 Å². The van der Waals surface area contributed by atoms with Gasteiger partial charge in [0.1, 0.15) is 11.6 Å². The molecule has 0 radical (unpaired) electrons. The normalized spacial score (nSPS) is 18.6. The highest BCUT2D eigenvalue weighted by molar-refractivity contribution is 6.06. The monoisotopic (exact) mass is 458 g/mol. The second-order valence-electron chi connectivity index (χ2n) is 10.4. The predicted octanol–water partition coefficient (Wildman–Crippen LogP) is 2.80. The highest BCUT2D eigenvalue weighted by atomic mass is 16.6. The largest absolute Gasteiger partial charge is 0.444 e. The van der Waals surface area contributed by atoms with E-state index < -0.39 is 23.6 Å². The molecule has 1 unspecified atom stereocenters. The van der Waals surface area contributed by atoms with Gasteiger partial charge in [0.2, 0.25) is 11.8 Å². The van der Waals surface area contributed by atoms with E-state index in [1.54, 1.807) is 11.0 Å². The van der Waals surface area contributed by atoms with E-state index in [9.17, 15) is 19.2 Å². The number of rotatable bonds is 7. The van der Waals surface area contributed by atoms with Gasteiger partial charge in [0, 0.05) is 42.9 Å². The third kappa shape index (κ3) is 6.24. The van der Waals surface area contributed by atoms with Crippen molar-refractivity contribution in [1.82, 2.24) is 15.5 Å². The maximum atomic E-state index is 12.9. The Kier molecular flexibility index (Phi) is 7.00. The van der Waals surface area contributed by atoms with E-state index in [-0.39, 0.29) is 23.7 Å². The van der Waals surface area contributed by atoms with Crippen molar-refractivity contribution in [3.05, 3.63) is 29.3 Å². The van der Waals surface area contributed by atoms with Gasteiger partial charge < -0.3 is 20.3 Å². The molecule has 0 aliphatic carbocycles. The molecule has 3 N–H and O–H groups in total. The lowest BCUT2D eigenvalue weighted by Gasteiger charge is -2.29. The fraction of sp³-hybridized carbons (Fsp3) is 0.583. The van der Waals surface area contributed by atoms with E-state index in [1.807, 2.05) is 32.9 Å². The van der Waals surface area contributed by atoms with Crippen LogP contribution in [-0.4, -0.2) is 53.4 Å². The first-order valence-electron chi connectivity index (χ1n) is 11.3. The smallest absolute Gasteiger partial charge is 0.407 e. The lowest BCUT2D eigenvalue weighted by molar-refractivity contribution is -0.136. The number of benzene rings is 1. The summed E-state index contributed by atoms with van der Waals surface area (Å²) in [4.78, 5) is 50.1. The van der Waals surface area contributed by atoms with Crippen LogP contribution in [0.25, 0.3) is 0 Å². The van der Waals surface area contributed by atoms with Crippen LogP contribution in [0.5, 0.6) is 0 Å². The molecule has 0 spiro atoms. The van der Waals surface area contributed by atoms with Gasteiger partial charge in [0.05, 0.1) is 0 Å². The van der Waals surface area contributed by atoms with Crippen LogP contribution in [0.2, 0.25) is 0 Å². The summed E-state index contributed by atoms with van der Waals surface area (Å²) in [6.45, 7) is 11.0. The first-order chi connectivity index (χ1) is 15.4. The number of ether oxygens (including phenoxy) is 1. The molecule has 2 aliphatic heterocycles. The second kappa shape index (κ2) is 9.41. The minimum Gasteiger partial charge on any atom is -0.444 e. The zero-order valence-electron chi connectivity index (χ0n) is 20.0. The number of hydrogen-bond donors (Lipinski definition) is 3. The zero-order chi connectivity index (χ0) is 24.4. The Morgan fingerprint density at radius 2 is 1.91 bits per heavy atom. The standard InChI is InChI=1S/C24H34N4O5/c1-23(2,3)33-22(32)26-14-24(4,5)11-12-25-17-8-6-7-15-16(17)13-28(21(15)31)18-9-10-19(29)27-20(18)30/h6-8,18,25H,9-14H2,1-5H3,(H,26,32)(H,27,29,30). The van der Waals surface area contributed by atoms with Crippen LogP contribution >= 0.6 is 0 Å². The van der Waals surface area contributed by atoms with Gasteiger partial charge in [-0.25, -0.2) is 4.79 Å². The Labute approximate surface area is 194 Å². The topological polar surface area (TPSA) is 117 Å². The van der Waals surface area contributed by atoms with Gasteiger partial charge in [-0.2, -0.15) is 0 Å². The molecular formula is C24H34N4O5. The second-order valence-corrected chi connectivity index (χ2v) is 10.4. The van der Waals surface area contributed by atoms with Crippen molar-refractivity contribution in [2.45, 2.75) is 72.1 Å². The molecule has 1 aromatic rings. The third-order valence-electron chi connectivity index (χ3n) is 5.81. The van der Waals surface area contributed by atoms with Crippen molar-refractivity contribution in [1.29, 1.82) is 0 Å².